The number of ether oxygens (including phenoxy) is 1. The minimum Gasteiger partial charge on any atom is -0.406 e. The van der Waals surface area contributed by atoms with Crippen LogP contribution in [0.25, 0.3) is 0 Å². The maximum atomic E-state index is 13.8. The molecule has 3 unspecified atom stereocenters. The molecule has 5 rings (SSSR count). The lowest BCUT2D eigenvalue weighted by atomic mass is 9.78. The monoisotopic (exact) mass is 527 g/mol. The van der Waals surface area contributed by atoms with Crippen molar-refractivity contribution in [2.75, 3.05) is 6.54 Å². The molecule has 0 saturated heterocycles. The quantitative estimate of drug-likeness (QED) is 0.513. The molecule has 3 atom stereocenters. The third-order valence-electron chi connectivity index (χ3n) is 7.94. The van der Waals surface area contributed by atoms with Gasteiger partial charge in [-0.3, -0.25) is 9.78 Å². The van der Waals surface area contributed by atoms with E-state index in [1.54, 1.807) is 11.0 Å². The summed E-state index contributed by atoms with van der Waals surface area (Å²) in [5.74, 6) is -0.128. The number of carbonyl (C=O) groups excluding carboxylic acids is 1. The Labute approximate surface area is 210 Å². The number of nitrogens with zero attached hydrogens (tertiary/aromatic N) is 2. The number of hydrogen-bond donors (Lipinski definition) is 1. The minimum atomic E-state index is -4.76. The zero-order chi connectivity index (χ0) is 26.4. The molecule has 1 amide bonds. The first-order valence-electron chi connectivity index (χ1n) is 12.4. The van der Waals surface area contributed by atoms with Gasteiger partial charge in [-0.05, 0) is 60.9 Å². The number of benzene rings is 1. The van der Waals surface area contributed by atoms with Crippen LogP contribution in [0.2, 0.25) is 0 Å². The maximum Gasteiger partial charge on any atom is 0.573 e. The average molecular weight is 528 g/mol. The highest BCUT2D eigenvalue weighted by atomic mass is 19.4. The Bertz CT molecular complexity index is 1170. The first kappa shape index (κ1) is 25.8. The van der Waals surface area contributed by atoms with Gasteiger partial charge in [-0.1, -0.05) is 18.6 Å². The highest BCUT2D eigenvalue weighted by Crippen LogP contribution is 2.55. The molecule has 1 N–H and O–H groups in total. The maximum absolute atomic E-state index is 13.8. The second kappa shape index (κ2) is 9.49. The number of pyridine rings is 1. The Hall–Kier alpha value is -2.82. The van der Waals surface area contributed by atoms with E-state index in [4.69, 9.17) is 0 Å². The van der Waals surface area contributed by atoms with Crippen LogP contribution in [-0.2, 0) is 30.5 Å². The second-order valence-corrected chi connectivity index (χ2v) is 10.3. The van der Waals surface area contributed by atoms with Crippen molar-refractivity contribution in [1.29, 1.82) is 0 Å². The minimum absolute atomic E-state index is 0.0111. The molecule has 200 valence electrons. The number of amides is 1. The van der Waals surface area contributed by atoms with Crippen molar-refractivity contribution in [3.63, 3.8) is 0 Å². The number of rotatable bonds is 5. The molecular formula is C26H27F6N3O2. The largest absolute Gasteiger partial charge is 0.573 e. The molecule has 5 nitrogen and oxygen atoms in total. The van der Waals surface area contributed by atoms with E-state index in [1.807, 2.05) is 0 Å². The molecule has 1 aliphatic heterocycles. The molecule has 0 spiro atoms. The van der Waals surface area contributed by atoms with E-state index < -0.39 is 23.5 Å². The Morgan fingerprint density at radius 1 is 1.19 bits per heavy atom. The highest BCUT2D eigenvalue weighted by Gasteiger charge is 2.56. The summed E-state index contributed by atoms with van der Waals surface area (Å²) in [6, 6.07) is 6.90. The van der Waals surface area contributed by atoms with E-state index in [2.05, 4.69) is 15.0 Å². The Morgan fingerprint density at radius 2 is 2.00 bits per heavy atom. The summed E-state index contributed by atoms with van der Waals surface area (Å²) < 4.78 is 81.1. The van der Waals surface area contributed by atoms with Crippen LogP contribution in [0.15, 0.2) is 36.5 Å². The standard InChI is InChI=1S/C26H27F6N3O2/c27-25(28,29)19-10-17-15-35(8-6-22(17)34-14-19)23(36)24-7-2-4-18(24)11-20(12-24)33-13-16-3-1-5-21(9-16)37-26(30,31)32/h1,3,5,9-10,14,18,20,33H,2,4,6-8,11-13,15H2. The summed E-state index contributed by atoms with van der Waals surface area (Å²) in [4.78, 5) is 19.5. The van der Waals surface area contributed by atoms with Gasteiger partial charge in [0.15, 0.2) is 0 Å². The zero-order valence-electron chi connectivity index (χ0n) is 20.0. The van der Waals surface area contributed by atoms with Crippen LogP contribution in [0.4, 0.5) is 26.3 Å². The Balaban J connectivity index is 1.25. The fourth-order valence-electron chi connectivity index (χ4n) is 6.33. The van der Waals surface area contributed by atoms with Crippen molar-refractivity contribution in [1.82, 2.24) is 15.2 Å². The van der Waals surface area contributed by atoms with Gasteiger partial charge in [-0.25, -0.2) is 0 Å². The number of halogens is 6. The molecule has 1 aromatic carbocycles. The van der Waals surface area contributed by atoms with E-state index in [0.29, 0.717) is 42.8 Å². The van der Waals surface area contributed by atoms with Crippen molar-refractivity contribution in [3.05, 3.63) is 58.9 Å². The molecule has 37 heavy (non-hydrogen) atoms. The fraction of sp³-hybridized carbons (Fsp3) is 0.538. The lowest BCUT2D eigenvalue weighted by molar-refractivity contribution is -0.274. The van der Waals surface area contributed by atoms with E-state index >= 15 is 0 Å². The van der Waals surface area contributed by atoms with Gasteiger partial charge >= 0.3 is 12.5 Å². The van der Waals surface area contributed by atoms with Crippen molar-refractivity contribution < 1.29 is 35.9 Å². The van der Waals surface area contributed by atoms with Crippen molar-refractivity contribution >= 4 is 5.91 Å². The molecule has 2 saturated carbocycles. The summed E-state index contributed by atoms with van der Waals surface area (Å²) in [6.07, 6.45) is -4.07. The highest BCUT2D eigenvalue weighted by molar-refractivity contribution is 5.84. The van der Waals surface area contributed by atoms with Crippen LogP contribution in [-0.4, -0.2) is 34.7 Å². The summed E-state index contributed by atoms with van der Waals surface area (Å²) in [5.41, 5.74) is 0.298. The number of aromatic nitrogens is 1. The smallest absolute Gasteiger partial charge is 0.406 e. The number of carbonyl (C=O) groups is 1. The van der Waals surface area contributed by atoms with Crippen LogP contribution in [0.5, 0.6) is 5.75 Å². The summed E-state index contributed by atoms with van der Waals surface area (Å²) in [6.45, 7) is 0.867. The van der Waals surface area contributed by atoms with Gasteiger partial charge in [-0.15, -0.1) is 13.2 Å². The number of alkyl halides is 6. The topological polar surface area (TPSA) is 54.5 Å². The number of fused-ring (bicyclic) bond motifs is 2. The predicted molar refractivity (Wildman–Crippen MR) is 121 cm³/mol. The first-order valence-corrected chi connectivity index (χ1v) is 12.4. The lowest BCUT2D eigenvalue weighted by Gasteiger charge is -2.37. The summed E-state index contributed by atoms with van der Waals surface area (Å²) in [5, 5.41) is 3.40. The van der Waals surface area contributed by atoms with Crippen LogP contribution >= 0.6 is 0 Å². The van der Waals surface area contributed by atoms with Crippen LogP contribution < -0.4 is 10.1 Å². The Morgan fingerprint density at radius 3 is 2.76 bits per heavy atom. The van der Waals surface area contributed by atoms with Crippen LogP contribution in [0, 0.1) is 11.3 Å². The van der Waals surface area contributed by atoms with Crippen LogP contribution in [0.3, 0.4) is 0 Å². The molecule has 2 aliphatic carbocycles. The molecule has 11 heteroatoms. The van der Waals surface area contributed by atoms with Crippen molar-refractivity contribution in [2.24, 2.45) is 11.3 Å². The summed E-state index contributed by atoms with van der Waals surface area (Å²) >= 11 is 0. The normalized spacial score (nSPS) is 25.6. The van der Waals surface area contributed by atoms with Crippen molar-refractivity contribution in [2.45, 2.75) is 70.2 Å². The van der Waals surface area contributed by atoms with Gasteiger partial charge in [0.1, 0.15) is 5.75 Å². The SMILES string of the molecule is O=C(N1CCc2ncc(C(F)(F)F)cc2C1)C12CCCC1CC(NCc1cccc(OC(F)(F)F)c1)C2. The average Bonchev–Trinajstić information content (AvgIpc) is 3.38. The summed E-state index contributed by atoms with van der Waals surface area (Å²) in [7, 11) is 0. The van der Waals surface area contributed by atoms with Gasteiger partial charge in [-0.2, -0.15) is 13.2 Å². The fourth-order valence-corrected chi connectivity index (χ4v) is 6.33. The molecule has 2 aromatic rings. The van der Waals surface area contributed by atoms with E-state index in [9.17, 15) is 31.1 Å². The van der Waals surface area contributed by atoms with Gasteiger partial charge in [0.2, 0.25) is 5.91 Å². The van der Waals surface area contributed by atoms with E-state index in [0.717, 1.165) is 37.9 Å². The molecule has 0 radical (unpaired) electrons. The molecule has 1 aromatic heterocycles. The molecule has 0 bridgehead atoms. The second-order valence-electron chi connectivity index (χ2n) is 10.3. The molecule has 3 aliphatic rings. The predicted octanol–water partition coefficient (Wildman–Crippen LogP) is 5.62. The van der Waals surface area contributed by atoms with E-state index in [1.165, 1.54) is 18.2 Å². The molecule has 2 heterocycles. The van der Waals surface area contributed by atoms with Gasteiger partial charge in [0, 0.05) is 44.0 Å². The third-order valence-corrected chi connectivity index (χ3v) is 7.94. The lowest BCUT2D eigenvalue weighted by Crippen LogP contribution is -2.46. The van der Waals surface area contributed by atoms with Crippen molar-refractivity contribution in [3.8, 4) is 5.75 Å². The number of nitrogens with one attached hydrogen (secondary N) is 1. The van der Waals surface area contributed by atoms with Gasteiger partial charge in [0.05, 0.1) is 11.0 Å². The molecular weight excluding hydrogens is 500 g/mol. The van der Waals surface area contributed by atoms with Gasteiger partial charge in [0.25, 0.3) is 0 Å². The first-order chi connectivity index (χ1) is 17.4. The molecule has 2 fully saturated rings. The van der Waals surface area contributed by atoms with Gasteiger partial charge < -0.3 is 15.0 Å². The third kappa shape index (κ3) is 5.42. The zero-order valence-corrected chi connectivity index (χ0v) is 20.0. The van der Waals surface area contributed by atoms with Crippen LogP contribution in [0.1, 0.15) is 54.5 Å². The van der Waals surface area contributed by atoms with E-state index in [-0.39, 0.29) is 30.2 Å². The Kier molecular flexibility index (Phi) is 6.62. The number of hydrogen-bond acceptors (Lipinski definition) is 4.